The molecule has 112 valence electrons. The SMILES string of the molecule is CC(C)c1cccc(NC(=O)Cn2cnnc2S(C)=O)c1. The number of carbonyl (C=O) groups is 1. The van der Waals surface area contributed by atoms with Crippen molar-refractivity contribution in [1.82, 2.24) is 14.8 Å². The van der Waals surface area contributed by atoms with Crippen LogP contribution in [-0.2, 0) is 22.1 Å². The third-order valence-electron chi connectivity index (χ3n) is 2.99. The Hall–Kier alpha value is -2.02. The number of hydrogen-bond acceptors (Lipinski definition) is 4. The van der Waals surface area contributed by atoms with Gasteiger partial charge in [-0.15, -0.1) is 10.2 Å². The molecule has 0 radical (unpaired) electrons. The van der Waals surface area contributed by atoms with Gasteiger partial charge in [0.25, 0.3) is 0 Å². The predicted molar refractivity (Wildman–Crippen MR) is 81.5 cm³/mol. The first-order chi connectivity index (χ1) is 9.97. The molecule has 1 atom stereocenters. The molecule has 0 aliphatic carbocycles. The summed E-state index contributed by atoms with van der Waals surface area (Å²) in [5.41, 5.74) is 1.91. The first kappa shape index (κ1) is 15.4. The lowest BCUT2D eigenvalue weighted by Crippen LogP contribution is -2.20. The lowest BCUT2D eigenvalue weighted by atomic mass is 10.0. The van der Waals surface area contributed by atoms with Crippen LogP contribution < -0.4 is 5.32 Å². The van der Waals surface area contributed by atoms with Gasteiger partial charge >= 0.3 is 0 Å². The number of carbonyl (C=O) groups excluding carboxylic acids is 1. The summed E-state index contributed by atoms with van der Waals surface area (Å²) in [5.74, 6) is 0.191. The Balaban J connectivity index is 2.06. The highest BCUT2D eigenvalue weighted by molar-refractivity contribution is 7.84. The Morgan fingerprint density at radius 2 is 2.19 bits per heavy atom. The number of hydrogen-bond donors (Lipinski definition) is 1. The molecule has 1 aromatic carbocycles. The first-order valence-corrected chi connectivity index (χ1v) is 8.14. The molecule has 2 rings (SSSR count). The number of amides is 1. The maximum atomic E-state index is 12.0. The third kappa shape index (κ3) is 3.98. The maximum absolute atomic E-state index is 12.0. The van der Waals surface area contributed by atoms with E-state index in [1.807, 2.05) is 24.3 Å². The number of rotatable bonds is 5. The lowest BCUT2D eigenvalue weighted by molar-refractivity contribution is -0.116. The number of nitrogens with zero attached hydrogens (tertiary/aromatic N) is 3. The zero-order valence-corrected chi connectivity index (χ0v) is 13.1. The van der Waals surface area contributed by atoms with Crippen LogP contribution in [0.15, 0.2) is 35.7 Å². The Bertz CT molecular complexity index is 666. The number of aromatic nitrogens is 3. The maximum Gasteiger partial charge on any atom is 0.244 e. The van der Waals surface area contributed by atoms with Crippen molar-refractivity contribution in [2.45, 2.75) is 31.5 Å². The van der Waals surface area contributed by atoms with Crippen molar-refractivity contribution >= 4 is 22.4 Å². The average molecular weight is 306 g/mol. The largest absolute Gasteiger partial charge is 0.325 e. The highest BCUT2D eigenvalue weighted by atomic mass is 32.2. The van der Waals surface area contributed by atoms with Gasteiger partial charge in [0, 0.05) is 11.9 Å². The second-order valence-electron chi connectivity index (χ2n) is 5.02. The summed E-state index contributed by atoms with van der Waals surface area (Å²) in [6.45, 7) is 4.23. The van der Waals surface area contributed by atoms with Gasteiger partial charge < -0.3 is 5.32 Å². The van der Waals surface area contributed by atoms with Gasteiger partial charge in [-0.2, -0.15) is 0 Å². The van der Waals surface area contributed by atoms with Crippen LogP contribution in [0, 0.1) is 0 Å². The molecular formula is C14H18N4O2S. The Kier molecular flexibility index (Phi) is 4.85. The highest BCUT2D eigenvalue weighted by Crippen LogP contribution is 2.18. The Morgan fingerprint density at radius 1 is 1.43 bits per heavy atom. The van der Waals surface area contributed by atoms with Gasteiger partial charge in [0.05, 0.1) is 10.8 Å². The van der Waals surface area contributed by atoms with E-state index in [0.717, 1.165) is 11.3 Å². The summed E-state index contributed by atoms with van der Waals surface area (Å²) >= 11 is 0. The summed E-state index contributed by atoms with van der Waals surface area (Å²) in [6.07, 6.45) is 2.91. The van der Waals surface area contributed by atoms with Gasteiger partial charge in [-0.25, -0.2) is 0 Å². The van der Waals surface area contributed by atoms with E-state index < -0.39 is 10.8 Å². The molecule has 0 aliphatic heterocycles. The van der Waals surface area contributed by atoms with Crippen LogP contribution in [-0.4, -0.2) is 31.1 Å². The van der Waals surface area contributed by atoms with Gasteiger partial charge in [-0.05, 0) is 23.6 Å². The quantitative estimate of drug-likeness (QED) is 0.913. The van der Waals surface area contributed by atoms with E-state index >= 15 is 0 Å². The van der Waals surface area contributed by atoms with Crippen LogP contribution in [0.5, 0.6) is 0 Å². The van der Waals surface area contributed by atoms with Crippen LogP contribution in [0.1, 0.15) is 25.3 Å². The van der Waals surface area contributed by atoms with E-state index in [9.17, 15) is 9.00 Å². The zero-order chi connectivity index (χ0) is 15.4. The molecule has 21 heavy (non-hydrogen) atoms. The topological polar surface area (TPSA) is 76.9 Å². The van der Waals surface area contributed by atoms with Crippen molar-refractivity contribution in [3.63, 3.8) is 0 Å². The van der Waals surface area contributed by atoms with Crippen LogP contribution >= 0.6 is 0 Å². The van der Waals surface area contributed by atoms with Gasteiger partial charge in [-0.3, -0.25) is 13.6 Å². The summed E-state index contributed by atoms with van der Waals surface area (Å²) in [4.78, 5) is 12.0. The van der Waals surface area contributed by atoms with Crippen molar-refractivity contribution < 1.29 is 9.00 Å². The monoisotopic (exact) mass is 306 g/mol. The molecule has 0 bridgehead atoms. The van der Waals surface area contributed by atoms with Gasteiger partial charge in [0.15, 0.2) is 0 Å². The summed E-state index contributed by atoms with van der Waals surface area (Å²) in [6, 6.07) is 7.73. The predicted octanol–water partition coefficient (Wildman–Crippen LogP) is 1.78. The second kappa shape index (κ2) is 6.62. The van der Waals surface area contributed by atoms with E-state index in [2.05, 4.69) is 29.4 Å². The van der Waals surface area contributed by atoms with Gasteiger partial charge in [-0.1, -0.05) is 26.0 Å². The van der Waals surface area contributed by atoms with Crippen molar-refractivity contribution in [2.24, 2.45) is 0 Å². The van der Waals surface area contributed by atoms with Crippen LogP contribution in [0.25, 0.3) is 0 Å². The smallest absolute Gasteiger partial charge is 0.244 e. The molecule has 0 saturated carbocycles. The molecule has 7 heteroatoms. The number of benzene rings is 1. The molecule has 1 unspecified atom stereocenters. The van der Waals surface area contributed by atoms with Crippen LogP contribution in [0.2, 0.25) is 0 Å². The minimum atomic E-state index is -1.27. The Labute approximate surface area is 126 Å². The lowest BCUT2D eigenvalue weighted by Gasteiger charge is -2.10. The molecule has 0 fully saturated rings. The Morgan fingerprint density at radius 3 is 2.86 bits per heavy atom. The van der Waals surface area contributed by atoms with Crippen molar-refractivity contribution in [2.75, 3.05) is 11.6 Å². The normalized spacial score (nSPS) is 12.4. The molecule has 6 nitrogen and oxygen atoms in total. The van der Waals surface area contributed by atoms with Gasteiger partial charge in [0.1, 0.15) is 12.9 Å². The van der Waals surface area contributed by atoms with Crippen LogP contribution in [0.3, 0.4) is 0 Å². The van der Waals surface area contributed by atoms with E-state index in [1.165, 1.54) is 17.2 Å². The van der Waals surface area contributed by atoms with Crippen LogP contribution in [0.4, 0.5) is 5.69 Å². The van der Waals surface area contributed by atoms with Crippen molar-refractivity contribution in [3.05, 3.63) is 36.2 Å². The second-order valence-corrected chi connectivity index (χ2v) is 6.30. The summed E-state index contributed by atoms with van der Waals surface area (Å²) in [7, 11) is -1.27. The molecule has 0 spiro atoms. The molecule has 1 amide bonds. The first-order valence-electron chi connectivity index (χ1n) is 6.58. The van der Waals surface area contributed by atoms with E-state index in [1.54, 1.807) is 0 Å². The van der Waals surface area contributed by atoms with Crippen molar-refractivity contribution in [1.29, 1.82) is 0 Å². The van der Waals surface area contributed by atoms with Gasteiger partial charge in [0.2, 0.25) is 11.1 Å². The zero-order valence-electron chi connectivity index (χ0n) is 12.2. The van der Waals surface area contributed by atoms with E-state index in [-0.39, 0.29) is 12.5 Å². The number of nitrogens with one attached hydrogen (secondary N) is 1. The summed E-state index contributed by atoms with van der Waals surface area (Å²) < 4.78 is 12.9. The number of anilines is 1. The average Bonchev–Trinajstić information content (AvgIpc) is 2.87. The fourth-order valence-electron chi connectivity index (χ4n) is 1.91. The molecule has 1 N–H and O–H groups in total. The molecule has 0 aliphatic rings. The fourth-order valence-corrected chi connectivity index (χ4v) is 2.51. The minimum Gasteiger partial charge on any atom is -0.325 e. The minimum absolute atomic E-state index is 0.0355. The molecular weight excluding hydrogens is 288 g/mol. The summed E-state index contributed by atoms with van der Waals surface area (Å²) in [5, 5.41) is 10.5. The standard InChI is InChI=1S/C14H18N4O2S/c1-10(2)11-5-4-6-12(7-11)16-13(19)8-18-9-15-17-14(18)21(3)20/h4-7,9-10H,8H2,1-3H3,(H,16,19). The van der Waals surface area contributed by atoms with E-state index in [4.69, 9.17) is 0 Å². The fraction of sp³-hybridized carbons (Fsp3) is 0.357. The van der Waals surface area contributed by atoms with E-state index in [0.29, 0.717) is 11.1 Å². The van der Waals surface area contributed by atoms with Crippen molar-refractivity contribution in [3.8, 4) is 0 Å². The highest BCUT2D eigenvalue weighted by Gasteiger charge is 2.12. The third-order valence-corrected chi connectivity index (χ3v) is 3.82. The molecule has 0 saturated heterocycles. The molecule has 2 aromatic rings. The molecule has 1 aromatic heterocycles. The molecule has 1 heterocycles.